The standard InChI is InChI=1S/C57H96O6/c1-4-7-10-13-16-19-22-25-27-28-30-32-35-38-41-44-47-50-56(59)62-53-54(52-61-55(58)49-46-43-40-37-34-31-24-21-18-15-12-9-6-3)63-57(60)51-48-45-42-39-36-33-29-26-23-20-17-14-11-8-5-2/h16,19-20,23,25,27,30-32,34,38,40-41,43,54H,4-15,17-18,21-22,24,26,28-29,33,35-37,39,42,44-53H2,1-3H3/b19-16-,23-20-,27-25-,32-30-,34-31-,41-38-,43-40-. The summed E-state index contributed by atoms with van der Waals surface area (Å²) >= 11 is 0. The van der Waals surface area contributed by atoms with Crippen molar-refractivity contribution in [1.82, 2.24) is 0 Å². The van der Waals surface area contributed by atoms with Gasteiger partial charge < -0.3 is 14.2 Å². The van der Waals surface area contributed by atoms with Gasteiger partial charge in [0, 0.05) is 19.3 Å². The Bertz CT molecular complexity index is 1240. The lowest BCUT2D eigenvalue weighted by atomic mass is 10.1. The predicted octanol–water partition coefficient (Wildman–Crippen LogP) is 17.2. The zero-order chi connectivity index (χ0) is 45.8. The Morgan fingerprint density at radius 2 is 0.619 bits per heavy atom. The number of rotatable bonds is 46. The van der Waals surface area contributed by atoms with Crippen LogP contribution >= 0.6 is 0 Å². The van der Waals surface area contributed by atoms with Gasteiger partial charge in [-0.2, -0.15) is 0 Å². The molecule has 1 unspecified atom stereocenters. The van der Waals surface area contributed by atoms with Gasteiger partial charge in [-0.15, -0.1) is 0 Å². The van der Waals surface area contributed by atoms with Crippen LogP contribution in [0.15, 0.2) is 85.1 Å². The van der Waals surface area contributed by atoms with E-state index >= 15 is 0 Å². The van der Waals surface area contributed by atoms with Gasteiger partial charge in [-0.3, -0.25) is 14.4 Å². The second-order valence-corrected chi connectivity index (χ2v) is 17.1. The minimum Gasteiger partial charge on any atom is -0.462 e. The molecule has 0 aromatic rings. The van der Waals surface area contributed by atoms with Crippen molar-refractivity contribution in [3.05, 3.63) is 85.1 Å². The molecular formula is C57H96O6. The highest BCUT2D eigenvalue weighted by Crippen LogP contribution is 2.13. The largest absolute Gasteiger partial charge is 0.462 e. The van der Waals surface area contributed by atoms with Gasteiger partial charge in [-0.25, -0.2) is 0 Å². The SMILES string of the molecule is CCCCC/C=C\C/C=C\C/C=C\C/C=C\CCCC(=O)OCC(COC(=O)CC/C=C\C/C=C\CCCCCCCC)OC(=O)CCCCCCCCC/C=C\CCCCCC. The van der Waals surface area contributed by atoms with Crippen LogP contribution in [-0.4, -0.2) is 37.2 Å². The van der Waals surface area contributed by atoms with Crippen LogP contribution in [-0.2, 0) is 28.6 Å². The Morgan fingerprint density at radius 1 is 0.317 bits per heavy atom. The molecule has 0 aliphatic carbocycles. The quantitative estimate of drug-likeness (QED) is 0.0262. The van der Waals surface area contributed by atoms with Gasteiger partial charge in [0.25, 0.3) is 0 Å². The molecule has 0 rings (SSSR count). The van der Waals surface area contributed by atoms with Gasteiger partial charge in [-0.05, 0) is 103 Å². The first kappa shape index (κ1) is 59.6. The zero-order valence-corrected chi connectivity index (χ0v) is 41.1. The number of ether oxygens (including phenoxy) is 3. The highest BCUT2D eigenvalue weighted by atomic mass is 16.6. The second-order valence-electron chi connectivity index (χ2n) is 17.1. The van der Waals surface area contributed by atoms with Crippen LogP contribution in [0.25, 0.3) is 0 Å². The third-order valence-corrected chi connectivity index (χ3v) is 10.9. The fourth-order valence-electron chi connectivity index (χ4n) is 6.89. The maximum Gasteiger partial charge on any atom is 0.306 e. The van der Waals surface area contributed by atoms with Gasteiger partial charge in [0.15, 0.2) is 6.10 Å². The molecule has 0 aromatic carbocycles. The number of carbonyl (C=O) groups is 3. The van der Waals surface area contributed by atoms with Gasteiger partial charge in [0.2, 0.25) is 0 Å². The normalized spacial score (nSPS) is 12.7. The van der Waals surface area contributed by atoms with Crippen molar-refractivity contribution in [3.63, 3.8) is 0 Å². The van der Waals surface area contributed by atoms with Crippen molar-refractivity contribution in [2.75, 3.05) is 13.2 Å². The maximum atomic E-state index is 12.8. The third kappa shape index (κ3) is 49.5. The molecule has 0 bridgehead atoms. The predicted molar refractivity (Wildman–Crippen MR) is 270 cm³/mol. The number of allylic oxidation sites excluding steroid dienone is 14. The average molecular weight is 877 g/mol. The minimum absolute atomic E-state index is 0.124. The average Bonchev–Trinajstić information content (AvgIpc) is 3.28. The summed E-state index contributed by atoms with van der Waals surface area (Å²) in [5.41, 5.74) is 0. The molecule has 360 valence electrons. The Labute approximate surface area is 388 Å². The molecule has 0 aromatic heterocycles. The summed E-state index contributed by atoms with van der Waals surface area (Å²) in [4.78, 5) is 37.9. The van der Waals surface area contributed by atoms with E-state index in [2.05, 4.69) is 99.8 Å². The van der Waals surface area contributed by atoms with Crippen molar-refractivity contribution < 1.29 is 28.6 Å². The van der Waals surface area contributed by atoms with Crippen LogP contribution in [0, 0.1) is 0 Å². The van der Waals surface area contributed by atoms with Gasteiger partial charge in [0.05, 0.1) is 0 Å². The molecule has 0 aliphatic rings. The molecular weight excluding hydrogens is 781 g/mol. The summed E-state index contributed by atoms with van der Waals surface area (Å²) in [6, 6.07) is 0. The van der Waals surface area contributed by atoms with Gasteiger partial charge >= 0.3 is 17.9 Å². The van der Waals surface area contributed by atoms with Crippen LogP contribution in [0.2, 0.25) is 0 Å². The lowest BCUT2D eigenvalue weighted by Crippen LogP contribution is -2.30. The smallest absolute Gasteiger partial charge is 0.306 e. The van der Waals surface area contributed by atoms with E-state index in [-0.39, 0.29) is 44.0 Å². The summed E-state index contributed by atoms with van der Waals surface area (Å²) < 4.78 is 16.7. The fraction of sp³-hybridized carbons (Fsp3) is 0.702. The Morgan fingerprint density at radius 3 is 1.10 bits per heavy atom. The lowest BCUT2D eigenvalue weighted by Gasteiger charge is -2.18. The van der Waals surface area contributed by atoms with Gasteiger partial charge in [0.1, 0.15) is 13.2 Å². The fourth-order valence-corrected chi connectivity index (χ4v) is 6.89. The van der Waals surface area contributed by atoms with E-state index in [1.165, 1.54) is 128 Å². The topological polar surface area (TPSA) is 78.9 Å². The van der Waals surface area contributed by atoms with Crippen molar-refractivity contribution >= 4 is 17.9 Å². The summed E-state index contributed by atoms with van der Waals surface area (Å²) in [5.74, 6) is -1.05. The number of carbonyl (C=O) groups excluding carboxylic acids is 3. The monoisotopic (exact) mass is 877 g/mol. The van der Waals surface area contributed by atoms with E-state index in [1.54, 1.807) is 0 Å². The zero-order valence-electron chi connectivity index (χ0n) is 41.1. The third-order valence-electron chi connectivity index (χ3n) is 10.9. The van der Waals surface area contributed by atoms with Crippen LogP contribution in [0.3, 0.4) is 0 Å². The summed E-state index contributed by atoms with van der Waals surface area (Å²) in [6.45, 7) is 6.48. The molecule has 1 atom stereocenters. The molecule has 0 saturated carbocycles. The molecule has 6 nitrogen and oxygen atoms in total. The Kier molecular flexibility index (Phi) is 48.5. The van der Waals surface area contributed by atoms with E-state index in [4.69, 9.17) is 14.2 Å². The maximum absolute atomic E-state index is 12.8. The summed E-state index contributed by atoms with van der Waals surface area (Å²) in [5, 5.41) is 0. The first-order chi connectivity index (χ1) is 31.0. The summed E-state index contributed by atoms with van der Waals surface area (Å²) in [6.07, 6.45) is 65.8. The van der Waals surface area contributed by atoms with Crippen molar-refractivity contribution in [2.24, 2.45) is 0 Å². The highest BCUT2D eigenvalue weighted by Gasteiger charge is 2.19. The summed E-state index contributed by atoms with van der Waals surface area (Å²) in [7, 11) is 0. The molecule has 0 saturated heterocycles. The van der Waals surface area contributed by atoms with Crippen molar-refractivity contribution in [3.8, 4) is 0 Å². The molecule has 0 amide bonds. The molecule has 6 heteroatoms. The molecule has 0 N–H and O–H groups in total. The van der Waals surface area contributed by atoms with E-state index in [1.807, 2.05) is 6.08 Å². The number of hydrogen-bond acceptors (Lipinski definition) is 6. The molecule has 0 aliphatic heterocycles. The Balaban J connectivity index is 4.54. The van der Waals surface area contributed by atoms with Crippen LogP contribution in [0.5, 0.6) is 0 Å². The molecule has 0 fully saturated rings. The Hall–Kier alpha value is -3.41. The molecule has 0 heterocycles. The van der Waals surface area contributed by atoms with Gasteiger partial charge in [-0.1, -0.05) is 202 Å². The number of esters is 3. The van der Waals surface area contributed by atoms with Crippen molar-refractivity contribution in [1.29, 1.82) is 0 Å². The number of unbranched alkanes of at least 4 members (excludes halogenated alkanes) is 21. The first-order valence-electron chi connectivity index (χ1n) is 26.1. The number of hydrogen-bond donors (Lipinski definition) is 0. The van der Waals surface area contributed by atoms with Crippen LogP contribution < -0.4 is 0 Å². The van der Waals surface area contributed by atoms with Crippen molar-refractivity contribution in [2.45, 2.75) is 245 Å². The molecule has 0 radical (unpaired) electrons. The van der Waals surface area contributed by atoms with E-state index in [9.17, 15) is 14.4 Å². The highest BCUT2D eigenvalue weighted by molar-refractivity contribution is 5.71. The first-order valence-corrected chi connectivity index (χ1v) is 26.1. The van der Waals surface area contributed by atoms with E-state index < -0.39 is 6.10 Å². The van der Waals surface area contributed by atoms with E-state index in [0.29, 0.717) is 19.3 Å². The minimum atomic E-state index is -0.823. The second kappa shape index (κ2) is 51.2. The van der Waals surface area contributed by atoms with E-state index in [0.717, 1.165) is 57.8 Å². The lowest BCUT2D eigenvalue weighted by molar-refractivity contribution is -0.166. The molecule has 0 spiro atoms. The molecule has 63 heavy (non-hydrogen) atoms. The van der Waals surface area contributed by atoms with Crippen LogP contribution in [0.4, 0.5) is 0 Å². The van der Waals surface area contributed by atoms with Crippen LogP contribution in [0.1, 0.15) is 239 Å².